The number of alkyl halides is 2. The van der Waals surface area contributed by atoms with E-state index in [0.29, 0.717) is 32.5 Å². The van der Waals surface area contributed by atoms with E-state index in [1.54, 1.807) is 9.80 Å². The van der Waals surface area contributed by atoms with Crippen molar-refractivity contribution in [3.05, 3.63) is 36.0 Å². The van der Waals surface area contributed by atoms with Gasteiger partial charge in [-0.05, 0) is 43.6 Å². The zero-order valence-corrected chi connectivity index (χ0v) is 13.8. The topological polar surface area (TPSA) is 39.3 Å². The molecule has 1 fully saturated rings. The van der Waals surface area contributed by atoms with Crippen LogP contribution in [0.2, 0.25) is 0 Å². The molecule has 1 N–H and O–H groups in total. The van der Waals surface area contributed by atoms with Gasteiger partial charge in [0.1, 0.15) is 0 Å². The van der Waals surface area contributed by atoms with Crippen LogP contribution in [0.3, 0.4) is 0 Å². The van der Waals surface area contributed by atoms with Crippen LogP contribution in [-0.2, 0) is 11.3 Å². The molecule has 4 nitrogen and oxygen atoms in total. The van der Waals surface area contributed by atoms with Gasteiger partial charge in [-0.3, -0.25) is 9.69 Å². The molecule has 0 radical (unpaired) electrons. The van der Waals surface area contributed by atoms with E-state index >= 15 is 0 Å². The van der Waals surface area contributed by atoms with Crippen molar-refractivity contribution in [1.82, 2.24) is 14.8 Å². The quantitative estimate of drug-likeness (QED) is 0.912. The number of amides is 1. The second-order valence-corrected chi connectivity index (χ2v) is 6.52. The molecule has 1 saturated heterocycles. The summed E-state index contributed by atoms with van der Waals surface area (Å²) in [5, 5.41) is 1.13. The smallest absolute Gasteiger partial charge is 0.251 e. The van der Waals surface area contributed by atoms with Gasteiger partial charge < -0.3 is 9.88 Å². The Kier molecular flexibility index (Phi) is 5.14. The highest BCUT2D eigenvalue weighted by molar-refractivity contribution is 5.84. The molecular weight excluding hydrogens is 312 g/mol. The first-order chi connectivity index (χ1) is 11.5. The van der Waals surface area contributed by atoms with E-state index in [9.17, 15) is 13.6 Å². The molecule has 0 unspecified atom stereocenters. The number of rotatable bonds is 5. The lowest BCUT2D eigenvalue weighted by atomic mass is 9.95. The first-order valence-corrected chi connectivity index (χ1v) is 8.35. The number of aromatic nitrogens is 1. The van der Waals surface area contributed by atoms with Gasteiger partial charge in [0.25, 0.3) is 6.43 Å². The van der Waals surface area contributed by atoms with Gasteiger partial charge in [0.2, 0.25) is 5.91 Å². The minimum Gasteiger partial charge on any atom is -0.361 e. The van der Waals surface area contributed by atoms with Gasteiger partial charge in [-0.15, -0.1) is 0 Å². The zero-order valence-electron chi connectivity index (χ0n) is 13.8. The summed E-state index contributed by atoms with van der Waals surface area (Å²) in [5.74, 6) is 0.0496. The van der Waals surface area contributed by atoms with Gasteiger partial charge in [-0.1, -0.05) is 12.1 Å². The molecule has 24 heavy (non-hydrogen) atoms. The summed E-state index contributed by atoms with van der Waals surface area (Å²) in [6, 6.07) is 8.05. The predicted molar refractivity (Wildman–Crippen MR) is 89.9 cm³/mol. The molecule has 1 amide bonds. The Balaban J connectivity index is 1.58. The van der Waals surface area contributed by atoms with Crippen LogP contribution in [0.25, 0.3) is 10.9 Å². The summed E-state index contributed by atoms with van der Waals surface area (Å²) in [7, 11) is 1.82. The number of piperidine rings is 1. The number of halogens is 2. The first-order valence-electron chi connectivity index (χ1n) is 8.35. The number of likely N-dealkylation sites (tertiary alicyclic amines) is 1. The number of carbonyl (C=O) groups excluding carboxylic acids is 1. The van der Waals surface area contributed by atoms with Crippen LogP contribution in [0.1, 0.15) is 18.4 Å². The minimum absolute atomic E-state index is 0.0608. The normalized spacial score (nSPS) is 16.8. The van der Waals surface area contributed by atoms with E-state index in [2.05, 4.69) is 4.98 Å². The Morgan fingerprint density at radius 2 is 2.08 bits per heavy atom. The summed E-state index contributed by atoms with van der Waals surface area (Å²) in [4.78, 5) is 19.3. The molecule has 2 aromatic rings. The highest BCUT2D eigenvalue weighted by atomic mass is 19.3. The average molecular weight is 335 g/mol. The first kappa shape index (κ1) is 16.9. The largest absolute Gasteiger partial charge is 0.361 e. The van der Waals surface area contributed by atoms with Crippen molar-refractivity contribution in [1.29, 1.82) is 0 Å². The summed E-state index contributed by atoms with van der Waals surface area (Å²) >= 11 is 0. The van der Waals surface area contributed by atoms with Gasteiger partial charge in [0, 0.05) is 36.6 Å². The number of H-pyrrole nitrogens is 1. The molecule has 0 saturated carbocycles. The van der Waals surface area contributed by atoms with Gasteiger partial charge in [0.15, 0.2) is 0 Å². The van der Waals surface area contributed by atoms with E-state index in [0.717, 1.165) is 16.5 Å². The molecule has 1 aromatic carbocycles. The molecule has 2 heterocycles. The van der Waals surface area contributed by atoms with E-state index in [4.69, 9.17) is 0 Å². The van der Waals surface area contributed by atoms with Gasteiger partial charge >= 0.3 is 0 Å². The number of aromatic amines is 1. The number of fused-ring (bicyclic) bond motifs is 1. The minimum atomic E-state index is -2.30. The molecule has 1 aliphatic heterocycles. The van der Waals surface area contributed by atoms with Crippen LogP contribution < -0.4 is 0 Å². The Morgan fingerprint density at radius 3 is 2.79 bits per heavy atom. The molecule has 0 spiro atoms. The third-order valence-corrected chi connectivity index (χ3v) is 4.80. The van der Waals surface area contributed by atoms with Crippen LogP contribution in [0.4, 0.5) is 8.78 Å². The van der Waals surface area contributed by atoms with Gasteiger partial charge in [-0.2, -0.15) is 0 Å². The third kappa shape index (κ3) is 3.75. The molecule has 3 rings (SSSR count). The summed E-state index contributed by atoms with van der Waals surface area (Å²) in [6.45, 7) is 1.52. The lowest BCUT2D eigenvalue weighted by Crippen LogP contribution is -2.42. The lowest BCUT2D eigenvalue weighted by molar-refractivity contribution is -0.136. The summed E-state index contributed by atoms with van der Waals surface area (Å²) in [6.07, 6.45) is 0.908. The Bertz CT molecular complexity index is 692. The third-order valence-electron chi connectivity index (χ3n) is 4.80. The fourth-order valence-corrected chi connectivity index (χ4v) is 3.49. The number of hydrogen-bond donors (Lipinski definition) is 1. The number of hydrogen-bond acceptors (Lipinski definition) is 2. The predicted octanol–water partition coefficient (Wildman–Crippen LogP) is 3.10. The van der Waals surface area contributed by atoms with Crippen LogP contribution in [-0.4, -0.2) is 53.8 Å². The highest BCUT2D eigenvalue weighted by Gasteiger charge is 2.28. The maximum Gasteiger partial charge on any atom is 0.251 e. The Hall–Kier alpha value is -1.95. The van der Waals surface area contributed by atoms with E-state index < -0.39 is 6.43 Å². The monoisotopic (exact) mass is 335 g/mol. The summed E-state index contributed by atoms with van der Waals surface area (Å²) in [5.41, 5.74) is 2.17. The van der Waals surface area contributed by atoms with Crippen molar-refractivity contribution < 1.29 is 13.6 Å². The molecule has 0 atom stereocenters. The van der Waals surface area contributed by atoms with Crippen LogP contribution in [0.15, 0.2) is 30.5 Å². The maximum atomic E-state index is 12.7. The summed E-state index contributed by atoms with van der Waals surface area (Å²) < 4.78 is 24.9. The lowest BCUT2D eigenvalue weighted by Gasteiger charge is -2.33. The van der Waals surface area contributed by atoms with Crippen molar-refractivity contribution >= 4 is 16.8 Å². The number of nitrogens with one attached hydrogen (secondary N) is 1. The molecule has 1 aromatic heterocycles. The van der Waals surface area contributed by atoms with Crippen molar-refractivity contribution in [3.8, 4) is 0 Å². The number of benzene rings is 1. The van der Waals surface area contributed by atoms with Crippen molar-refractivity contribution in [3.63, 3.8) is 0 Å². The van der Waals surface area contributed by atoms with Crippen LogP contribution in [0.5, 0.6) is 0 Å². The average Bonchev–Trinajstić information content (AvgIpc) is 3.04. The van der Waals surface area contributed by atoms with Crippen LogP contribution in [0, 0.1) is 5.92 Å². The van der Waals surface area contributed by atoms with Gasteiger partial charge in [-0.25, -0.2) is 8.78 Å². The molecular formula is C18H23F2N3O. The fourth-order valence-electron chi connectivity index (χ4n) is 3.49. The van der Waals surface area contributed by atoms with Crippen molar-refractivity contribution in [2.24, 2.45) is 5.92 Å². The van der Waals surface area contributed by atoms with E-state index in [1.165, 1.54) is 0 Å². The Morgan fingerprint density at radius 1 is 1.33 bits per heavy atom. The molecule has 0 bridgehead atoms. The van der Waals surface area contributed by atoms with Crippen molar-refractivity contribution in [2.45, 2.75) is 25.8 Å². The highest BCUT2D eigenvalue weighted by Crippen LogP contribution is 2.23. The SMILES string of the molecule is CN(Cc1cccc2[nH]ccc12)C(=O)C1CCN(CC(F)F)CC1. The van der Waals surface area contributed by atoms with E-state index in [1.807, 2.05) is 37.5 Å². The second-order valence-electron chi connectivity index (χ2n) is 6.52. The Labute approximate surface area is 140 Å². The van der Waals surface area contributed by atoms with Crippen LogP contribution >= 0.6 is 0 Å². The van der Waals surface area contributed by atoms with E-state index in [-0.39, 0.29) is 18.4 Å². The molecule has 6 heteroatoms. The number of nitrogens with zero attached hydrogens (tertiary/aromatic N) is 2. The standard InChI is InChI=1S/C18H23F2N3O/c1-22(11-14-3-2-4-16-15(14)5-8-21-16)18(24)13-6-9-23(10-7-13)12-17(19)20/h2-5,8,13,17,21H,6-7,9-12H2,1H3. The molecule has 130 valence electrons. The molecule has 1 aliphatic rings. The maximum absolute atomic E-state index is 12.7. The van der Waals surface area contributed by atoms with Gasteiger partial charge in [0.05, 0.1) is 6.54 Å². The van der Waals surface area contributed by atoms with Crippen molar-refractivity contribution in [2.75, 3.05) is 26.7 Å². The number of carbonyl (C=O) groups is 1. The fraction of sp³-hybridized carbons (Fsp3) is 0.500. The molecule has 0 aliphatic carbocycles. The second kappa shape index (κ2) is 7.30. The zero-order chi connectivity index (χ0) is 17.1.